The molecule has 0 aromatic heterocycles. The summed E-state index contributed by atoms with van der Waals surface area (Å²) in [5.74, 6) is -0.295. The molecular formula is C11H13FO3S. The van der Waals surface area contributed by atoms with Gasteiger partial charge >= 0.3 is 10.1 Å². The summed E-state index contributed by atoms with van der Waals surface area (Å²) >= 11 is 0. The van der Waals surface area contributed by atoms with Crippen LogP contribution in [0.25, 0.3) is 0 Å². The molecule has 0 aliphatic heterocycles. The Morgan fingerprint density at radius 1 is 1.25 bits per heavy atom. The van der Waals surface area contributed by atoms with Gasteiger partial charge in [0.15, 0.2) is 0 Å². The van der Waals surface area contributed by atoms with Crippen LogP contribution in [-0.4, -0.2) is 14.7 Å². The van der Waals surface area contributed by atoms with Gasteiger partial charge in [0.2, 0.25) is 0 Å². The topological polar surface area (TPSA) is 43.4 Å². The second kappa shape index (κ2) is 4.05. The maximum absolute atomic E-state index is 13.6. The molecule has 0 saturated carbocycles. The predicted octanol–water partition coefficient (Wildman–Crippen LogP) is 2.04. The molecule has 0 radical (unpaired) electrons. The monoisotopic (exact) mass is 244 g/mol. The minimum Gasteiger partial charge on any atom is -0.382 e. The molecular weight excluding hydrogens is 231 g/mol. The Balaban J connectivity index is 2.39. The first kappa shape index (κ1) is 11.4. The lowest BCUT2D eigenvalue weighted by atomic mass is 9.91. The van der Waals surface area contributed by atoms with E-state index in [-0.39, 0.29) is 11.6 Å². The third-order valence-corrected chi connectivity index (χ3v) is 3.13. The van der Waals surface area contributed by atoms with Crippen molar-refractivity contribution in [2.24, 2.45) is 0 Å². The van der Waals surface area contributed by atoms with Crippen molar-refractivity contribution in [1.82, 2.24) is 0 Å². The third-order valence-electron chi connectivity index (χ3n) is 2.63. The Labute approximate surface area is 94.4 Å². The van der Waals surface area contributed by atoms with Gasteiger partial charge in [-0.1, -0.05) is 0 Å². The molecule has 1 aliphatic rings. The smallest absolute Gasteiger partial charge is 0.306 e. The van der Waals surface area contributed by atoms with Crippen molar-refractivity contribution >= 4 is 10.1 Å². The van der Waals surface area contributed by atoms with Gasteiger partial charge in [-0.05, 0) is 42.9 Å². The molecule has 0 heterocycles. The van der Waals surface area contributed by atoms with E-state index >= 15 is 0 Å². The zero-order valence-electron chi connectivity index (χ0n) is 8.99. The van der Waals surface area contributed by atoms with E-state index in [4.69, 9.17) is 0 Å². The van der Waals surface area contributed by atoms with Gasteiger partial charge in [0.1, 0.15) is 11.6 Å². The summed E-state index contributed by atoms with van der Waals surface area (Å²) in [6.45, 7) is 0. The summed E-state index contributed by atoms with van der Waals surface area (Å²) < 4.78 is 40.2. The highest BCUT2D eigenvalue weighted by molar-refractivity contribution is 7.86. The molecule has 0 saturated heterocycles. The highest BCUT2D eigenvalue weighted by Gasteiger charge is 2.16. The first-order valence-corrected chi connectivity index (χ1v) is 6.98. The zero-order valence-corrected chi connectivity index (χ0v) is 9.81. The summed E-state index contributed by atoms with van der Waals surface area (Å²) in [5.41, 5.74) is 1.57. The average Bonchev–Trinajstić information content (AvgIpc) is 2.15. The van der Waals surface area contributed by atoms with E-state index in [9.17, 15) is 12.8 Å². The first-order chi connectivity index (χ1) is 7.46. The number of fused-ring (bicyclic) bond motifs is 1. The van der Waals surface area contributed by atoms with Crippen molar-refractivity contribution in [1.29, 1.82) is 0 Å². The quantitative estimate of drug-likeness (QED) is 0.748. The third kappa shape index (κ3) is 2.52. The lowest BCUT2D eigenvalue weighted by molar-refractivity contribution is 0.486. The van der Waals surface area contributed by atoms with Gasteiger partial charge in [-0.15, -0.1) is 0 Å². The molecule has 1 aromatic rings. The molecule has 0 bridgehead atoms. The van der Waals surface area contributed by atoms with E-state index in [1.165, 1.54) is 0 Å². The maximum atomic E-state index is 13.6. The van der Waals surface area contributed by atoms with Gasteiger partial charge in [-0.2, -0.15) is 8.42 Å². The van der Waals surface area contributed by atoms with Gasteiger partial charge in [0.05, 0.1) is 6.26 Å². The number of rotatable bonds is 2. The summed E-state index contributed by atoms with van der Waals surface area (Å²) in [6, 6.07) is 2.77. The molecule has 88 valence electrons. The minimum absolute atomic E-state index is 0.0700. The van der Waals surface area contributed by atoms with E-state index in [1.807, 2.05) is 0 Å². The van der Waals surface area contributed by atoms with Crippen LogP contribution in [0.15, 0.2) is 12.1 Å². The molecule has 0 unspecified atom stereocenters. The normalized spacial score (nSPS) is 15.6. The largest absolute Gasteiger partial charge is 0.382 e. The molecule has 5 heteroatoms. The summed E-state index contributed by atoms with van der Waals surface area (Å²) in [7, 11) is -3.59. The lowest BCUT2D eigenvalue weighted by Crippen LogP contribution is -2.09. The second-order valence-corrected chi connectivity index (χ2v) is 5.61. The van der Waals surface area contributed by atoms with Gasteiger partial charge < -0.3 is 4.18 Å². The van der Waals surface area contributed by atoms with Crippen LogP contribution < -0.4 is 4.18 Å². The fraction of sp³-hybridized carbons (Fsp3) is 0.455. The van der Waals surface area contributed by atoms with Crippen LogP contribution in [0.1, 0.15) is 24.0 Å². The van der Waals surface area contributed by atoms with E-state index in [1.54, 1.807) is 6.07 Å². The molecule has 0 N–H and O–H groups in total. The van der Waals surface area contributed by atoms with E-state index in [2.05, 4.69) is 4.18 Å². The maximum Gasteiger partial charge on any atom is 0.306 e. The Hall–Kier alpha value is -1.10. The van der Waals surface area contributed by atoms with Gasteiger partial charge in [-0.25, -0.2) is 4.39 Å². The minimum atomic E-state index is -3.59. The van der Waals surface area contributed by atoms with E-state index < -0.39 is 10.1 Å². The number of hydrogen-bond donors (Lipinski definition) is 0. The zero-order chi connectivity index (χ0) is 11.8. The summed E-state index contributed by atoms with van der Waals surface area (Å²) in [6.07, 6.45) is 4.45. The van der Waals surface area contributed by atoms with Crippen LogP contribution in [-0.2, 0) is 23.0 Å². The highest BCUT2D eigenvalue weighted by atomic mass is 32.2. The molecule has 0 fully saturated rings. The van der Waals surface area contributed by atoms with Crippen LogP contribution in [0.4, 0.5) is 4.39 Å². The molecule has 1 aromatic carbocycles. The molecule has 16 heavy (non-hydrogen) atoms. The predicted molar refractivity (Wildman–Crippen MR) is 58.5 cm³/mol. The van der Waals surface area contributed by atoms with Crippen molar-refractivity contribution in [3.63, 3.8) is 0 Å². The fourth-order valence-electron chi connectivity index (χ4n) is 2.01. The van der Waals surface area contributed by atoms with Crippen molar-refractivity contribution in [3.8, 4) is 5.75 Å². The summed E-state index contributed by atoms with van der Waals surface area (Å²) in [4.78, 5) is 0. The van der Waals surface area contributed by atoms with E-state index in [0.717, 1.165) is 43.6 Å². The fourth-order valence-corrected chi connectivity index (χ4v) is 2.45. The first-order valence-electron chi connectivity index (χ1n) is 5.16. The SMILES string of the molecule is CS(=O)(=O)Oc1cc(F)c2c(c1)CCCC2. The number of hydrogen-bond acceptors (Lipinski definition) is 3. The number of aryl methyl sites for hydroxylation is 1. The Kier molecular flexibility index (Phi) is 2.88. The van der Waals surface area contributed by atoms with Gasteiger partial charge in [0, 0.05) is 6.07 Å². The van der Waals surface area contributed by atoms with Crippen molar-refractivity contribution < 1.29 is 17.0 Å². The van der Waals surface area contributed by atoms with Gasteiger partial charge in [0.25, 0.3) is 0 Å². The Bertz CT molecular complexity index is 508. The molecule has 1 aliphatic carbocycles. The van der Waals surface area contributed by atoms with Crippen molar-refractivity contribution in [2.45, 2.75) is 25.7 Å². The van der Waals surface area contributed by atoms with Crippen molar-refractivity contribution in [3.05, 3.63) is 29.1 Å². The van der Waals surface area contributed by atoms with Crippen LogP contribution in [0.3, 0.4) is 0 Å². The van der Waals surface area contributed by atoms with Crippen LogP contribution in [0, 0.1) is 5.82 Å². The van der Waals surface area contributed by atoms with Crippen LogP contribution >= 0.6 is 0 Å². The molecule has 0 atom stereocenters. The lowest BCUT2D eigenvalue weighted by Gasteiger charge is -2.17. The number of benzene rings is 1. The van der Waals surface area contributed by atoms with Crippen molar-refractivity contribution in [2.75, 3.05) is 6.26 Å². The van der Waals surface area contributed by atoms with Gasteiger partial charge in [-0.3, -0.25) is 0 Å². The summed E-state index contributed by atoms with van der Waals surface area (Å²) in [5, 5.41) is 0. The van der Waals surface area contributed by atoms with Crippen LogP contribution in [0.2, 0.25) is 0 Å². The molecule has 0 amide bonds. The van der Waals surface area contributed by atoms with E-state index in [0.29, 0.717) is 5.56 Å². The standard InChI is InChI=1S/C11H13FO3S/c1-16(13,14)15-9-6-8-4-2-3-5-10(8)11(12)7-9/h6-7H,2-5H2,1H3. The second-order valence-electron chi connectivity index (χ2n) is 4.04. The Morgan fingerprint density at radius 2 is 1.94 bits per heavy atom. The highest BCUT2D eigenvalue weighted by Crippen LogP contribution is 2.28. The molecule has 0 spiro atoms. The Morgan fingerprint density at radius 3 is 2.62 bits per heavy atom. The molecule has 3 nitrogen and oxygen atoms in total. The number of halogens is 1. The molecule has 2 rings (SSSR count). The average molecular weight is 244 g/mol. The van der Waals surface area contributed by atoms with Crippen LogP contribution in [0.5, 0.6) is 5.75 Å².